The number of nitrogens with one attached hydrogen (secondary N) is 2. The van der Waals surface area contributed by atoms with Crippen molar-refractivity contribution in [1.29, 1.82) is 0 Å². The van der Waals surface area contributed by atoms with E-state index < -0.39 is 0 Å². The van der Waals surface area contributed by atoms with Gasteiger partial charge in [0.1, 0.15) is 0 Å². The van der Waals surface area contributed by atoms with E-state index in [-0.39, 0.29) is 11.9 Å². The molecular formula is C13H16Cl2N2O. The van der Waals surface area contributed by atoms with Gasteiger partial charge in [-0.15, -0.1) is 0 Å². The molecule has 1 fully saturated rings. The fraction of sp³-hybridized carbons (Fsp3) is 0.462. The van der Waals surface area contributed by atoms with Gasteiger partial charge in [0.2, 0.25) is 5.91 Å². The van der Waals surface area contributed by atoms with Gasteiger partial charge in [-0.1, -0.05) is 36.0 Å². The molecule has 0 aliphatic carbocycles. The zero-order chi connectivity index (χ0) is 13.0. The monoisotopic (exact) mass is 286 g/mol. The highest BCUT2D eigenvalue weighted by Crippen LogP contribution is 2.25. The number of benzene rings is 1. The van der Waals surface area contributed by atoms with Crippen molar-refractivity contribution in [2.75, 3.05) is 11.9 Å². The number of carbonyl (C=O) groups excluding carboxylic acids is 1. The van der Waals surface area contributed by atoms with Crippen molar-refractivity contribution in [2.24, 2.45) is 0 Å². The molecule has 5 heteroatoms. The van der Waals surface area contributed by atoms with E-state index in [1.807, 2.05) is 0 Å². The third-order valence-corrected chi connectivity index (χ3v) is 3.63. The molecule has 0 bridgehead atoms. The minimum absolute atomic E-state index is 0.0407. The maximum atomic E-state index is 12.1. The molecule has 1 heterocycles. The molecule has 2 N–H and O–H groups in total. The minimum atomic E-state index is -0.137. The van der Waals surface area contributed by atoms with E-state index in [1.54, 1.807) is 18.2 Å². The first-order chi connectivity index (χ1) is 8.66. The molecule has 1 aromatic rings. The Kier molecular flexibility index (Phi) is 4.87. The molecule has 1 aliphatic rings. The maximum absolute atomic E-state index is 12.1. The average molecular weight is 287 g/mol. The van der Waals surface area contributed by atoms with E-state index in [0.717, 1.165) is 25.8 Å². The van der Waals surface area contributed by atoms with Crippen LogP contribution in [-0.2, 0) is 4.79 Å². The molecule has 98 valence electrons. The Morgan fingerprint density at radius 3 is 2.94 bits per heavy atom. The molecule has 0 saturated carbocycles. The summed E-state index contributed by atoms with van der Waals surface area (Å²) >= 11 is 11.9. The largest absolute Gasteiger partial charge is 0.323 e. The lowest BCUT2D eigenvalue weighted by molar-refractivity contribution is -0.118. The van der Waals surface area contributed by atoms with Crippen molar-refractivity contribution in [2.45, 2.75) is 31.7 Å². The van der Waals surface area contributed by atoms with Crippen molar-refractivity contribution in [3.05, 3.63) is 28.2 Å². The summed E-state index contributed by atoms with van der Waals surface area (Å²) in [7, 11) is 0. The SMILES string of the molecule is O=C(Nc1cc(Cl)ccc1Cl)C1CCCCCN1. The number of amides is 1. The lowest BCUT2D eigenvalue weighted by Crippen LogP contribution is -2.39. The van der Waals surface area contributed by atoms with Gasteiger partial charge in [0, 0.05) is 5.02 Å². The van der Waals surface area contributed by atoms with Crippen LogP contribution in [0.5, 0.6) is 0 Å². The fourth-order valence-electron chi connectivity index (χ4n) is 2.07. The first-order valence-corrected chi connectivity index (χ1v) is 6.92. The van der Waals surface area contributed by atoms with Crippen LogP contribution < -0.4 is 10.6 Å². The van der Waals surface area contributed by atoms with Gasteiger partial charge in [0.05, 0.1) is 16.8 Å². The topological polar surface area (TPSA) is 41.1 Å². The first-order valence-electron chi connectivity index (χ1n) is 6.16. The van der Waals surface area contributed by atoms with E-state index in [9.17, 15) is 4.79 Å². The van der Waals surface area contributed by atoms with Crippen LogP contribution in [0.15, 0.2) is 18.2 Å². The third kappa shape index (κ3) is 3.61. The van der Waals surface area contributed by atoms with Crippen LogP contribution in [-0.4, -0.2) is 18.5 Å². The van der Waals surface area contributed by atoms with Crippen molar-refractivity contribution in [1.82, 2.24) is 5.32 Å². The average Bonchev–Trinajstić information content (AvgIpc) is 2.62. The molecule has 2 rings (SSSR count). The zero-order valence-corrected chi connectivity index (χ0v) is 11.5. The maximum Gasteiger partial charge on any atom is 0.241 e. The normalized spacial score (nSPS) is 20.2. The molecule has 1 unspecified atom stereocenters. The van der Waals surface area contributed by atoms with Gasteiger partial charge in [0.25, 0.3) is 0 Å². The lowest BCUT2D eigenvalue weighted by Gasteiger charge is -2.16. The number of hydrogen-bond donors (Lipinski definition) is 2. The van der Waals surface area contributed by atoms with E-state index in [0.29, 0.717) is 15.7 Å². The summed E-state index contributed by atoms with van der Waals surface area (Å²) in [6, 6.07) is 4.91. The molecule has 1 aliphatic heterocycles. The summed E-state index contributed by atoms with van der Waals surface area (Å²) in [6.45, 7) is 0.890. The van der Waals surface area contributed by atoms with Crippen molar-refractivity contribution in [3.63, 3.8) is 0 Å². The molecular weight excluding hydrogens is 271 g/mol. The summed E-state index contributed by atoms with van der Waals surface area (Å²) in [5, 5.41) is 7.14. The molecule has 1 saturated heterocycles. The number of halogens is 2. The van der Waals surface area contributed by atoms with Gasteiger partial charge in [0.15, 0.2) is 0 Å². The second kappa shape index (κ2) is 6.41. The number of carbonyl (C=O) groups is 1. The standard InChI is InChI=1S/C13H16Cl2N2O/c14-9-5-6-10(15)12(8-9)17-13(18)11-4-2-1-3-7-16-11/h5-6,8,11,16H,1-4,7H2,(H,17,18). The van der Waals surface area contributed by atoms with Crippen LogP contribution in [0.4, 0.5) is 5.69 Å². The highest BCUT2D eigenvalue weighted by atomic mass is 35.5. The summed E-state index contributed by atoms with van der Waals surface area (Å²) in [5.41, 5.74) is 0.570. The Balaban J connectivity index is 2.03. The van der Waals surface area contributed by atoms with Crippen molar-refractivity contribution >= 4 is 34.8 Å². The Bertz CT molecular complexity index is 429. The molecule has 0 spiro atoms. The molecule has 1 atom stereocenters. The van der Waals surface area contributed by atoms with Gasteiger partial charge in [-0.05, 0) is 37.6 Å². The molecule has 0 radical (unpaired) electrons. The summed E-state index contributed by atoms with van der Waals surface area (Å²) in [5.74, 6) is -0.0407. The van der Waals surface area contributed by atoms with E-state index >= 15 is 0 Å². The van der Waals surface area contributed by atoms with Gasteiger partial charge >= 0.3 is 0 Å². The number of anilines is 1. The van der Waals surface area contributed by atoms with Crippen molar-refractivity contribution < 1.29 is 4.79 Å². The highest BCUT2D eigenvalue weighted by Gasteiger charge is 2.20. The van der Waals surface area contributed by atoms with E-state index in [4.69, 9.17) is 23.2 Å². The third-order valence-electron chi connectivity index (χ3n) is 3.06. The van der Waals surface area contributed by atoms with Gasteiger partial charge in [-0.2, -0.15) is 0 Å². The molecule has 1 aromatic carbocycles. The predicted octanol–water partition coefficient (Wildman–Crippen LogP) is 3.46. The van der Waals surface area contributed by atoms with Crippen LogP contribution in [0.1, 0.15) is 25.7 Å². The highest BCUT2D eigenvalue weighted by molar-refractivity contribution is 6.35. The van der Waals surface area contributed by atoms with Crippen LogP contribution >= 0.6 is 23.2 Å². The molecule has 0 aromatic heterocycles. The number of rotatable bonds is 2. The van der Waals surface area contributed by atoms with Crippen LogP contribution in [0.3, 0.4) is 0 Å². The van der Waals surface area contributed by atoms with Crippen LogP contribution in [0.2, 0.25) is 10.0 Å². The second-order valence-electron chi connectivity index (χ2n) is 4.47. The summed E-state index contributed by atoms with van der Waals surface area (Å²) < 4.78 is 0. The lowest BCUT2D eigenvalue weighted by atomic mass is 10.1. The van der Waals surface area contributed by atoms with E-state index in [2.05, 4.69) is 10.6 Å². The Morgan fingerprint density at radius 1 is 1.28 bits per heavy atom. The molecule has 18 heavy (non-hydrogen) atoms. The Morgan fingerprint density at radius 2 is 2.11 bits per heavy atom. The zero-order valence-electron chi connectivity index (χ0n) is 10.0. The minimum Gasteiger partial charge on any atom is -0.323 e. The second-order valence-corrected chi connectivity index (χ2v) is 5.31. The molecule has 1 amide bonds. The quantitative estimate of drug-likeness (QED) is 0.874. The fourth-order valence-corrected chi connectivity index (χ4v) is 2.40. The van der Waals surface area contributed by atoms with Crippen molar-refractivity contribution in [3.8, 4) is 0 Å². The van der Waals surface area contributed by atoms with Crippen LogP contribution in [0, 0.1) is 0 Å². The summed E-state index contributed by atoms with van der Waals surface area (Å²) in [6.07, 6.45) is 4.24. The Labute approximate surface area is 117 Å². The first kappa shape index (κ1) is 13.7. The van der Waals surface area contributed by atoms with Gasteiger partial charge < -0.3 is 10.6 Å². The predicted molar refractivity (Wildman–Crippen MR) is 75.4 cm³/mol. The van der Waals surface area contributed by atoms with E-state index in [1.165, 1.54) is 6.42 Å². The molecule has 3 nitrogen and oxygen atoms in total. The Hall–Kier alpha value is -0.770. The van der Waals surface area contributed by atoms with Gasteiger partial charge in [-0.25, -0.2) is 0 Å². The smallest absolute Gasteiger partial charge is 0.241 e. The van der Waals surface area contributed by atoms with Crippen LogP contribution in [0.25, 0.3) is 0 Å². The summed E-state index contributed by atoms with van der Waals surface area (Å²) in [4.78, 5) is 12.1. The number of hydrogen-bond acceptors (Lipinski definition) is 2. The van der Waals surface area contributed by atoms with Gasteiger partial charge in [-0.3, -0.25) is 4.79 Å².